The van der Waals surface area contributed by atoms with Crippen molar-refractivity contribution < 1.29 is 9.90 Å². The zero-order valence-corrected chi connectivity index (χ0v) is 11.9. The number of hydrogen-bond donors (Lipinski definition) is 2. The lowest BCUT2D eigenvalue weighted by Crippen LogP contribution is -2.07. The van der Waals surface area contributed by atoms with Gasteiger partial charge in [0, 0.05) is 11.4 Å². The fourth-order valence-corrected chi connectivity index (χ4v) is 2.29. The number of hydrogen-bond acceptors (Lipinski definition) is 3. The fourth-order valence-electron chi connectivity index (χ4n) is 2.29. The maximum absolute atomic E-state index is 11.4. The first-order chi connectivity index (χ1) is 10.7. The Morgan fingerprint density at radius 2 is 2.18 bits per heavy atom. The molecule has 0 aliphatic heterocycles. The Balaban J connectivity index is 2.02. The van der Waals surface area contributed by atoms with Gasteiger partial charge in [-0.2, -0.15) is 0 Å². The first kappa shape index (κ1) is 14.0. The van der Waals surface area contributed by atoms with Gasteiger partial charge >= 0.3 is 0 Å². The summed E-state index contributed by atoms with van der Waals surface area (Å²) in [6.45, 7) is 3.43. The van der Waals surface area contributed by atoms with Crippen LogP contribution in [0.1, 0.15) is 5.56 Å². The molecule has 5 nitrogen and oxygen atoms in total. The van der Waals surface area contributed by atoms with Gasteiger partial charge < -0.3 is 10.4 Å². The van der Waals surface area contributed by atoms with Gasteiger partial charge in [-0.1, -0.05) is 18.7 Å². The molecule has 0 saturated carbocycles. The molecule has 110 valence electrons. The lowest BCUT2D eigenvalue weighted by molar-refractivity contribution is -0.111. The molecule has 1 heterocycles. The molecule has 22 heavy (non-hydrogen) atoms. The van der Waals surface area contributed by atoms with E-state index in [0.717, 1.165) is 22.3 Å². The molecule has 0 spiro atoms. The van der Waals surface area contributed by atoms with Crippen LogP contribution in [0.25, 0.3) is 16.7 Å². The van der Waals surface area contributed by atoms with Gasteiger partial charge in [-0.25, -0.2) is 4.98 Å². The van der Waals surface area contributed by atoms with Crippen LogP contribution < -0.4 is 5.32 Å². The minimum atomic E-state index is -0.250. The van der Waals surface area contributed by atoms with Gasteiger partial charge in [-0.3, -0.25) is 9.36 Å². The Morgan fingerprint density at radius 3 is 2.95 bits per heavy atom. The van der Waals surface area contributed by atoms with Crippen LogP contribution in [0.3, 0.4) is 0 Å². The standard InChI is InChI=1S/C17H15N3O2/c1-2-17(22)19-13-4-3-5-14(9-13)20-11-18-15-8-12(10-21)6-7-16(15)20/h2-9,11,21H,1,10H2,(H,19,22). The van der Waals surface area contributed by atoms with Crippen LogP contribution in [0.4, 0.5) is 5.69 Å². The molecule has 3 aromatic rings. The largest absolute Gasteiger partial charge is 0.392 e. The third-order valence-corrected chi connectivity index (χ3v) is 3.37. The van der Waals surface area contributed by atoms with E-state index in [1.807, 2.05) is 47.0 Å². The lowest BCUT2D eigenvalue weighted by atomic mass is 10.2. The Labute approximate surface area is 127 Å². The number of fused-ring (bicyclic) bond motifs is 1. The van der Waals surface area contributed by atoms with E-state index in [9.17, 15) is 9.90 Å². The van der Waals surface area contributed by atoms with Crippen LogP contribution in [-0.4, -0.2) is 20.6 Å². The molecule has 0 fully saturated rings. The predicted molar refractivity (Wildman–Crippen MR) is 85.8 cm³/mol. The average Bonchev–Trinajstić information content (AvgIpc) is 2.97. The SMILES string of the molecule is C=CC(=O)Nc1cccc(-n2cnc3cc(CO)ccc32)c1. The van der Waals surface area contributed by atoms with E-state index >= 15 is 0 Å². The van der Waals surface area contributed by atoms with Gasteiger partial charge in [0.2, 0.25) is 5.91 Å². The number of carbonyl (C=O) groups is 1. The summed E-state index contributed by atoms with van der Waals surface area (Å²) >= 11 is 0. The summed E-state index contributed by atoms with van der Waals surface area (Å²) in [6.07, 6.45) is 2.95. The Morgan fingerprint density at radius 1 is 1.32 bits per heavy atom. The second kappa shape index (κ2) is 5.83. The minimum Gasteiger partial charge on any atom is -0.392 e. The molecular formula is C17H15N3O2. The van der Waals surface area contributed by atoms with Crippen molar-refractivity contribution in [3.8, 4) is 5.69 Å². The van der Waals surface area contributed by atoms with Gasteiger partial charge in [0.1, 0.15) is 6.33 Å². The van der Waals surface area contributed by atoms with E-state index in [1.165, 1.54) is 6.08 Å². The van der Waals surface area contributed by atoms with Crippen molar-refractivity contribution in [2.75, 3.05) is 5.32 Å². The van der Waals surface area contributed by atoms with E-state index in [0.29, 0.717) is 5.69 Å². The highest BCUT2D eigenvalue weighted by Crippen LogP contribution is 2.21. The maximum Gasteiger partial charge on any atom is 0.247 e. The van der Waals surface area contributed by atoms with E-state index in [2.05, 4.69) is 16.9 Å². The second-order valence-corrected chi connectivity index (χ2v) is 4.84. The number of nitrogens with one attached hydrogen (secondary N) is 1. The Bertz CT molecular complexity index is 852. The lowest BCUT2D eigenvalue weighted by Gasteiger charge is -2.08. The van der Waals surface area contributed by atoms with E-state index in [-0.39, 0.29) is 12.5 Å². The molecule has 5 heteroatoms. The first-order valence-electron chi connectivity index (χ1n) is 6.82. The highest BCUT2D eigenvalue weighted by Gasteiger charge is 2.06. The summed E-state index contributed by atoms with van der Waals surface area (Å²) in [4.78, 5) is 15.7. The number of rotatable bonds is 4. The van der Waals surface area contributed by atoms with Crippen LogP contribution >= 0.6 is 0 Å². The van der Waals surface area contributed by atoms with Crippen molar-refractivity contribution in [3.63, 3.8) is 0 Å². The van der Waals surface area contributed by atoms with Crippen molar-refractivity contribution in [2.24, 2.45) is 0 Å². The molecule has 0 aliphatic carbocycles. The summed E-state index contributed by atoms with van der Waals surface area (Å²) in [5.74, 6) is -0.250. The number of aliphatic hydroxyl groups is 1. The summed E-state index contributed by atoms with van der Waals surface area (Å²) < 4.78 is 1.93. The molecule has 0 radical (unpaired) electrons. The van der Waals surface area contributed by atoms with Gasteiger partial charge in [0.15, 0.2) is 0 Å². The van der Waals surface area contributed by atoms with Crippen molar-refractivity contribution in [2.45, 2.75) is 6.61 Å². The number of nitrogens with zero attached hydrogens (tertiary/aromatic N) is 2. The van der Waals surface area contributed by atoms with Crippen molar-refractivity contribution in [3.05, 3.63) is 67.0 Å². The van der Waals surface area contributed by atoms with Crippen LogP contribution in [0.5, 0.6) is 0 Å². The third kappa shape index (κ3) is 2.62. The van der Waals surface area contributed by atoms with Crippen LogP contribution in [0.15, 0.2) is 61.4 Å². The molecule has 0 saturated heterocycles. The summed E-state index contributed by atoms with van der Waals surface area (Å²) in [6, 6.07) is 13.1. The number of aliphatic hydroxyl groups excluding tert-OH is 1. The van der Waals surface area contributed by atoms with Gasteiger partial charge in [-0.05, 0) is 42.0 Å². The molecule has 2 N–H and O–H groups in total. The van der Waals surface area contributed by atoms with Gasteiger partial charge in [0.25, 0.3) is 0 Å². The van der Waals surface area contributed by atoms with Crippen molar-refractivity contribution >= 4 is 22.6 Å². The Hall–Kier alpha value is -2.92. The zero-order valence-electron chi connectivity index (χ0n) is 11.9. The van der Waals surface area contributed by atoms with Gasteiger partial charge in [0.05, 0.1) is 17.6 Å². The van der Waals surface area contributed by atoms with Crippen LogP contribution in [0, 0.1) is 0 Å². The summed E-state index contributed by atoms with van der Waals surface area (Å²) in [7, 11) is 0. The summed E-state index contributed by atoms with van der Waals surface area (Å²) in [5, 5.41) is 11.9. The first-order valence-corrected chi connectivity index (χ1v) is 6.82. The molecule has 2 aromatic carbocycles. The molecule has 1 amide bonds. The quantitative estimate of drug-likeness (QED) is 0.727. The number of amides is 1. The average molecular weight is 293 g/mol. The molecular weight excluding hydrogens is 278 g/mol. The van der Waals surface area contributed by atoms with Crippen LogP contribution in [-0.2, 0) is 11.4 Å². The molecule has 0 unspecified atom stereocenters. The molecule has 3 rings (SSSR count). The van der Waals surface area contributed by atoms with Crippen molar-refractivity contribution in [1.29, 1.82) is 0 Å². The number of benzene rings is 2. The molecule has 1 aromatic heterocycles. The summed E-state index contributed by atoms with van der Waals surface area (Å²) in [5.41, 5.74) is 4.15. The fraction of sp³-hybridized carbons (Fsp3) is 0.0588. The molecule has 0 atom stereocenters. The molecule has 0 bridgehead atoms. The Kier molecular flexibility index (Phi) is 3.72. The highest BCUT2D eigenvalue weighted by molar-refractivity contribution is 5.99. The monoisotopic (exact) mass is 293 g/mol. The number of imidazole rings is 1. The van der Waals surface area contributed by atoms with E-state index in [4.69, 9.17) is 0 Å². The third-order valence-electron chi connectivity index (χ3n) is 3.37. The van der Waals surface area contributed by atoms with Crippen molar-refractivity contribution in [1.82, 2.24) is 9.55 Å². The number of aromatic nitrogens is 2. The number of anilines is 1. The topological polar surface area (TPSA) is 67.2 Å². The van der Waals surface area contributed by atoms with Crippen LogP contribution in [0.2, 0.25) is 0 Å². The van der Waals surface area contributed by atoms with E-state index < -0.39 is 0 Å². The molecule has 0 aliphatic rings. The smallest absolute Gasteiger partial charge is 0.247 e. The number of carbonyl (C=O) groups excluding carboxylic acids is 1. The van der Waals surface area contributed by atoms with Gasteiger partial charge in [-0.15, -0.1) is 0 Å². The second-order valence-electron chi connectivity index (χ2n) is 4.84. The predicted octanol–water partition coefficient (Wildman–Crippen LogP) is 2.64. The van der Waals surface area contributed by atoms with E-state index in [1.54, 1.807) is 6.33 Å². The minimum absolute atomic E-state index is 0.00807. The normalized spacial score (nSPS) is 10.6. The maximum atomic E-state index is 11.4. The zero-order chi connectivity index (χ0) is 15.5. The highest BCUT2D eigenvalue weighted by atomic mass is 16.3.